The highest BCUT2D eigenvalue weighted by Gasteiger charge is 2.41. The molecule has 0 radical (unpaired) electrons. The quantitative estimate of drug-likeness (QED) is 0.224. The van der Waals surface area contributed by atoms with E-state index < -0.39 is 30.8 Å². The maximum Gasteiger partial charge on any atom is 0.407 e. The van der Waals surface area contributed by atoms with E-state index in [1.807, 2.05) is 105 Å². The van der Waals surface area contributed by atoms with Crippen molar-refractivity contribution in [3.8, 4) is 0 Å². The molecule has 0 spiro atoms. The number of carbonyl (C=O) groups excluding carboxylic acids is 3. The first-order chi connectivity index (χ1) is 18.4. The molecule has 0 aliphatic heterocycles. The molecule has 3 aromatic rings. The second-order valence-electron chi connectivity index (χ2n) is 8.84. The van der Waals surface area contributed by atoms with Gasteiger partial charge in [-0.25, -0.2) is 9.59 Å². The molecule has 3 aromatic carbocycles. The zero-order valence-corrected chi connectivity index (χ0v) is 23.3. The maximum atomic E-state index is 14.7. The zero-order valence-electron chi connectivity index (χ0n) is 22.4. The van der Waals surface area contributed by atoms with Gasteiger partial charge in [0.1, 0.15) is 5.29 Å². The van der Waals surface area contributed by atoms with Crippen LogP contribution in [0.25, 0.3) is 0 Å². The SMILES string of the molecule is CCOC(=O)N[C@H](C(=O)C(C(=O)OCC)=P(c1ccccc1)(c1ccccc1)c1ccccc1)[C@@H](C)CC. The molecule has 0 fully saturated rings. The van der Waals surface area contributed by atoms with E-state index in [0.717, 1.165) is 15.9 Å². The molecule has 0 saturated carbocycles. The molecule has 0 saturated heterocycles. The summed E-state index contributed by atoms with van der Waals surface area (Å²) >= 11 is 0. The Morgan fingerprint density at radius 2 is 1.13 bits per heavy atom. The zero-order chi connectivity index (χ0) is 27.5. The van der Waals surface area contributed by atoms with Crippen LogP contribution in [0.5, 0.6) is 0 Å². The summed E-state index contributed by atoms with van der Waals surface area (Å²) in [5.74, 6) is -1.40. The Balaban J connectivity index is 2.54. The van der Waals surface area contributed by atoms with Crippen LogP contribution in [-0.2, 0) is 19.1 Å². The number of amides is 1. The lowest BCUT2D eigenvalue weighted by atomic mass is 9.94. The topological polar surface area (TPSA) is 81.7 Å². The van der Waals surface area contributed by atoms with Crippen LogP contribution in [-0.4, -0.2) is 42.4 Å². The predicted molar refractivity (Wildman–Crippen MR) is 155 cm³/mol. The molecule has 7 heteroatoms. The van der Waals surface area contributed by atoms with Gasteiger partial charge in [0, 0.05) is 0 Å². The summed E-state index contributed by atoms with van der Waals surface area (Å²) in [6.45, 7) is 4.44. The van der Waals surface area contributed by atoms with Gasteiger partial charge in [-0.3, -0.25) is 4.79 Å². The van der Waals surface area contributed by atoms with Crippen molar-refractivity contribution in [2.75, 3.05) is 13.2 Å². The molecule has 38 heavy (non-hydrogen) atoms. The molecule has 0 aliphatic rings. The van der Waals surface area contributed by atoms with Crippen LogP contribution in [0.1, 0.15) is 34.1 Å². The molecule has 3 rings (SSSR count). The van der Waals surface area contributed by atoms with Crippen molar-refractivity contribution in [1.29, 1.82) is 0 Å². The van der Waals surface area contributed by atoms with Gasteiger partial charge in [0.25, 0.3) is 0 Å². The fourth-order valence-electron chi connectivity index (χ4n) is 4.54. The number of ketones is 1. The number of Topliss-reactive ketones (excluding diaryl/α,β-unsaturated/α-hetero) is 1. The van der Waals surface area contributed by atoms with Gasteiger partial charge in [0.2, 0.25) is 0 Å². The Morgan fingerprint density at radius 1 is 0.711 bits per heavy atom. The van der Waals surface area contributed by atoms with Crippen LogP contribution in [0.2, 0.25) is 0 Å². The summed E-state index contributed by atoms with van der Waals surface area (Å²) in [5.41, 5.74) is 0. The molecule has 0 unspecified atom stereocenters. The van der Waals surface area contributed by atoms with Gasteiger partial charge in [-0.05, 0) is 42.6 Å². The number of benzene rings is 3. The van der Waals surface area contributed by atoms with E-state index in [1.165, 1.54) is 0 Å². The maximum absolute atomic E-state index is 14.7. The lowest BCUT2D eigenvalue weighted by Gasteiger charge is -2.33. The molecule has 0 aliphatic carbocycles. The van der Waals surface area contributed by atoms with Crippen molar-refractivity contribution < 1.29 is 23.9 Å². The third-order valence-corrected chi connectivity index (χ3v) is 10.8. The van der Waals surface area contributed by atoms with Gasteiger partial charge >= 0.3 is 12.1 Å². The van der Waals surface area contributed by atoms with Crippen LogP contribution >= 0.6 is 6.89 Å². The van der Waals surface area contributed by atoms with E-state index in [1.54, 1.807) is 13.8 Å². The van der Waals surface area contributed by atoms with Crippen LogP contribution in [0.3, 0.4) is 0 Å². The molecule has 200 valence electrons. The smallest absolute Gasteiger partial charge is 0.407 e. The largest absolute Gasteiger partial charge is 0.462 e. The minimum atomic E-state index is -3.07. The van der Waals surface area contributed by atoms with E-state index in [2.05, 4.69) is 5.32 Å². The molecule has 0 heterocycles. The molecule has 0 aromatic heterocycles. The lowest BCUT2D eigenvalue weighted by Crippen LogP contribution is -2.51. The average Bonchev–Trinajstić information content (AvgIpc) is 2.95. The number of ether oxygens (including phenoxy) is 2. The first-order valence-corrected chi connectivity index (χ1v) is 14.8. The molecule has 2 atom stereocenters. The number of nitrogens with one attached hydrogen (secondary N) is 1. The third kappa shape index (κ3) is 6.08. The second-order valence-corrected chi connectivity index (χ2v) is 12.2. The van der Waals surface area contributed by atoms with Gasteiger partial charge in [0.15, 0.2) is 5.78 Å². The minimum Gasteiger partial charge on any atom is -0.462 e. The van der Waals surface area contributed by atoms with Gasteiger partial charge in [0.05, 0.1) is 19.3 Å². The number of carbonyl (C=O) groups is 3. The highest BCUT2D eigenvalue weighted by atomic mass is 31.2. The van der Waals surface area contributed by atoms with Gasteiger partial charge in [-0.15, -0.1) is 0 Å². The van der Waals surface area contributed by atoms with Gasteiger partial charge in [-0.1, -0.05) is 111 Å². The van der Waals surface area contributed by atoms with Crippen LogP contribution in [0, 0.1) is 5.92 Å². The van der Waals surface area contributed by atoms with E-state index in [-0.39, 0.29) is 24.4 Å². The van der Waals surface area contributed by atoms with E-state index in [4.69, 9.17) is 9.47 Å². The van der Waals surface area contributed by atoms with Crippen molar-refractivity contribution >= 4 is 45.9 Å². The van der Waals surface area contributed by atoms with Crippen molar-refractivity contribution in [3.05, 3.63) is 91.0 Å². The Morgan fingerprint density at radius 3 is 1.50 bits per heavy atom. The van der Waals surface area contributed by atoms with E-state index >= 15 is 0 Å². The molecule has 0 bridgehead atoms. The van der Waals surface area contributed by atoms with Crippen molar-refractivity contribution in [1.82, 2.24) is 5.32 Å². The number of hydrogen-bond donors (Lipinski definition) is 1. The lowest BCUT2D eigenvalue weighted by molar-refractivity contribution is -0.135. The normalized spacial score (nSPS) is 12.6. The standard InChI is InChI=1S/C31H36NO5P/c1-5-23(4)27(32-31(35)37-7-3)28(33)29(30(34)36-6-2)38(24-17-11-8-12-18-24,25-19-13-9-14-20-25)26-21-15-10-16-22-26/h8-23,27H,5-7H2,1-4H3,(H,32,35)/t23-,27-/m0/s1. The highest BCUT2D eigenvalue weighted by molar-refractivity contribution is 7.97. The number of alkyl carbamates (subject to hydrolysis) is 1. The Hall–Kier alpha value is -3.63. The van der Waals surface area contributed by atoms with E-state index in [9.17, 15) is 14.4 Å². The fourth-order valence-corrected chi connectivity index (χ4v) is 8.88. The summed E-state index contributed by atoms with van der Waals surface area (Å²) < 4.78 is 10.7. The Labute approximate surface area is 225 Å². The van der Waals surface area contributed by atoms with Gasteiger partial charge < -0.3 is 14.8 Å². The van der Waals surface area contributed by atoms with Crippen LogP contribution in [0.15, 0.2) is 91.0 Å². The fraction of sp³-hybridized carbons (Fsp3) is 0.290. The second kappa shape index (κ2) is 13.8. The van der Waals surface area contributed by atoms with Crippen molar-refractivity contribution in [2.24, 2.45) is 5.92 Å². The number of hydrogen-bond acceptors (Lipinski definition) is 5. The number of rotatable bonds is 11. The van der Waals surface area contributed by atoms with Crippen LogP contribution < -0.4 is 21.2 Å². The molecular weight excluding hydrogens is 497 g/mol. The average molecular weight is 534 g/mol. The highest BCUT2D eigenvalue weighted by Crippen LogP contribution is 2.47. The van der Waals surface area contributed by atoms with E-state index in [0.29, 0.717) is 6.42 Å². The summed E-state index contributed by atoms with van der Waals surface area (Å²) in [7, 11) is 0. The Bertz CT molecular complexity index is 1170. The summed E-state index contributed by atoms with van der Waals surface area (Å²) in [6, 6.07) is 27.9. The van der Waals surface area contributed by atoms with Crippen molar-refractivity contribution in [3.63, 3.8) is 0 Å². The van der Waals surface area contributed by atoms with Crippen molar-refractivity contribution in [2.45, 2.75) is 40.2 Å². The summed E-state index contributed by atoms with van der Waals surface area (Å²) in [5, 5.41) is 5.32. The van der Waals surface area contributed by atoms with Crippen LogP contribution in [0.4, 0.5) is 4.79 Å². The third-order valence-electron chi connectivity index (χ3n) is 6.51. The molecule has 1 amide bonds. The Kier molecular flexibility index (Phi) is 10.5. The summed E-state index contributed by atoms with van der Waals surface area (Å²) in [6.07, 6.45) is -0.0933. The minimum absolute atomic E-state index is 0.0463. The predicted octanol–water partition coefficient (Wildman–Crippen LogP) is 4.45. The first-order valence-electron chi connectivity index (χ1n) is 13.0. The molecule has 1 N–H and O–H groups in total. The molecule has 6 nitrogen and oxygen atoms in total. The van der Waals surface area contributed by atoms with Gasteiger partial charge in [-0.2, -0.15) is 0 Å². The summed E-state index contributed by atoms with van der Waals surface area (Å²) in [4.78, 5) is 41.2. The first kappa shape index (κ1) is 28.9. The number of esters is 1. The molecular formula is C31H36NO5P. The monoisotopic (exact) mass is 533 g/mol.